The van der Waals surface area contributed by atoms with Gasteiger partial charge in [0.1, 0.15) is 5.76 Å². The molecule has 1 aromatic heterocycles. The predicted octanol–water partition coefficient (Wildman–Crippen LogP) is 2.30. The van der Waals surface area contributed by atoms with Crippen LogP contribution in [-0.2, 0) is 16.6 Å². The van der Waals surface area contributed by atoms with Crippen molar-refractivity contribution in [3.8, 4) is 0 Å². The first-order valence-corrected chi connectivity index (χ1v) is 4.99. The molecule has 0 saturated carbocycles. The lowest BCUT2D eigenvalue weighted by molar-refractivity contribution is -0.137. The van der Waals surface area contributed by atoms with Crippen LogP contribution in [0.15, 0.2) is 4.42 Å². The lowest BCUT2D eigenvalue weighted by atomic mass is 9.91. The highest BCUT2D eigenvalue weighted by atomic mass is 16.4. The van der Waals surface area contributed by atoms with Crippen LogP contribution in [-0.4, -0.2) is 16.1 Å². The Morgan fingerprint density at radius 1 is 1.47 bits per heavy atom. The summed E-state index contributed by atoms with van der Waals surface area (Å²) < 4.78 is 5.42. The number of carbonyl (C=O) groups is 1. The van der Waals surface area contributed by atoms with E-state index in [1.54, 1.807) is 0 Å². The fourth-order valence-corrected chi connectivity index (χ4v) is 1.47. The molecular weight excluding hydrogens is 194 g/mol. The number of hydrogen-bond donors (Lipinski definition) is 1. The van der Waals surface area contributed by atoms with Gasteiger partial charge in [0, 0.05) is 11.8 Å². The van der Waals surface area contributed by atoms with Gasteiger partial charge in [-0.3, -0.25) is 4.79 Å². The third kappa shape index (κ3) is 3.08. The van der Waals surface area contributed by atoms with Crippen LogP contribution in [0.5, 0.6) is 0 Å². The molecule has 0 aliphatic carbocycles. The Hall–Kier alpha value is -1.32. The number of aliphatic carboxylic acids is 1. The van der Waals surface area contributed by atoms with Crippen molar-refractivity contribution in [1.29, 1.82) is 0 Å². The molecule has 0 atom stereocenters. The summed E-state index contributed by atoms with van der Waals surface area (Å²) in [6.07, 6.45) is 0.412. The van der Waals surface area contributed by atoms with Gasteiger partial charge >= 0.3 is 5.97 Å². The largest absolute Gasteiger partial charge is 0.481 e. The smallest absolute Gasteiger partial charge is 0.303 e. The number of aromatic nitrogens is 1. The van der Waals surface area contributed by atoms with Crippen molar-refractivity contribution in [3.63, 3.8) is 0 Å². The normalized spacial score (nSPS) is 11.7. The van der Waals surface area contributed by atoms with Crippen LogP contribution in [0.25, 0.3) is 0 Å². The molecule has 0 aromatic carbocycles. The Balaban J connectivity index is 2.82. The first-order valence-electron chi connectivity index (χ1n) is 4.99. The molecule has 0 aliphatic rings. The topological polar surface area (TPSA) is 63.3 Å². The van der Waals surface area contributed by atoms with E-state index in [1.165, 1.54) is 0 Å². The molecule has 1 N–H and O–H groups in total. The van der Waals surface area contributed by atoms with Crippen LogP contribution in [0.3, 0.4) is 0 Å². The number of oxazole rings is 1. The van der Waals surface area contributed by atoms with Crippen LogP contribution in [0.2, 0.25) is 0 Å². The summed E-state index contributed by atoms with van der Waals surface area (Å²) in [5.74, 6) is 0.464. The van der Waals surface area contributed by atoms with E-state index >= 15 is 0 Å². The Morgan fingerprint density at radius 2 is 2.07 bits per heavy atom. The third-order valence-corrected chi connectivity index (χ3v) is 2.10. The van der Waals surface area contributed by atoms with Gasteiger partial charge in [-0.2, -0.15) is 0 Å². The molecule has 1 heterocycles. The van der Waals surface area contributed by atoms with E-state index in [1.807, 2.05) is 6.92 Å². The molecule has 0 aliphatic heterocycles. The van der Waals surface area contributed by atoms with Gasteiger partial charge in [-0.25, -0.2) is 4.98 Å². The minimum Gasteiger partial charge on any atom is -0.481 e. The van der Waals surface area contributed by atoms with Crippen molar-refractivity contribution in [2.75, 3.05) is 0 Å². The van der Waals surface area contributed by atoms with Gasteiger partial charge in [-0.15, -0.1) is 0 Å². The van der Waals surface area contributed by atoms with Gasteiger partial charge in [-0.1, -0.05) is 20.8 Å². The Bertz CT molecular complexity index is 360. The van der Waals surface area contributed by atoms with E-state index in [0.717, 1.165) is 11.5 Å². The van der Waals surface area contributed by atoms with Crippen LogP contribution < -0.4 is 0 Å². The summed E-state index contributed by atoms with van der Waals surface area (Å²) in [5.41, 5.74) is 0.845. The molecule has 0 amide bonds. The predicted molar refractivity (Wildman–Crippen MR) is 55.9 cm³/mol. The molecule has 1 rings (SSSR count). The molecule has 4 nitrogen and oxygen atoms in total. The van der Waals surface area contributed by atoms with Gasteiger partial charge in [0.05, 0.1) is 12.1 Å². The van der Waals surface area contributed by atoms with Gasteiger partial charge < -0.3 is 9.52 Å². The molecule has 0 unspecified atom stereocenters. The molecular formula is C11H17NO3. The minimum absolute atomic E-state index is 0.0591. The van der Waals surface area contributed by atoms with Crippen molar-refractivity contribution in [2.24, 2.45) is 0 Å². The van der Waals surface area contributed by atoms with Gasteiger partial charge in [0.25, 0.3) is 0 Å². The fraction of sp³-hybridized carbons (Fsp3) is 0.636. The maximum Gasteiger partial charge on any atom is 0.303 e. The molecule has 84 valence electrons. The molecule has 0 spiro atoms. The van der Waals surface area contributed by atoms with E-state index < -0.39 is 5.97 Å². The molecule has 1 aromatic rings. The Kier molecular flexibility index (Phi) is 3.17. The SMILES string of the molecule is Cc1oc(CCC(=O)O)nc1C(C)(C)C. The first-order chi connectivity index (χ1) is 6.80. The fourth-order valence-electron chi connectivity index (χ4n) is 1.47. The zero-order chi connectivity index (χ0) is 11.6. The van der Waals surface area contributed by atoms with Crippen LogP contribution in [0, 0.1) is 6.92 Å². The van der Waals surface area contributed by atoms with E-state index in [-0.39, 0.29) is 11.8 Å². The lowest BCUT2D eigenvalue weighted by Gasteiger charge is -2.14. The second kappa shape index (κ2) is 4.04. The first kappa shape index (κ1) is 11.8. The standard InChI is InChI=1S/C11H17NO3/c1-7-10(11(2,3)4)12-8(15-7)5-6-9(13)14/h5-6H2,1-4H3,(H,13,14). The molecule has 0 radical (unpaired) electrons. The highest BCUT2D eigenvalue weighted by molar-refractivity contribution is 5.66. The number of carboxylic acid groups (broad SMARTS) is 1. The van der Waals surface area contributed by atoms with Crippen molar-refractivity contribution in [3.05, 3.63) is 17.3 Å². The summed E-state index contributed by atoms with van der Waals surface area (Å²) in [6, 6.07) is 0. The van der Waals surface area contributed by atoms with E-state index in [0.29, 0.717) is 12.3 Å². The van der Waals surface area contributed by atoms with Crippen LogP contribution in [0.1, 0.15) is 44.5 Å². The van der Waals surface area contributed by atoms with Crippen LogP contribution >= 0.6 is 0 Å². The molecule has 0 bridgehead atoms. The van der Waals surface area contributed by atoms with Gasteiger partial charge in [0.15, 0.2) is 5.89 Å². The van der Waals surface area contributed by atoms with Gasteiger partial charge in [0.2, 0.25) is 0 Å². The zero-order valence-electron chi connectivity index (χ0n) is 9.63. The summed E-state index contributed by atoms with van der Waals surface area (Å²) >= 11 is 0. The zero-order valence-corrected chi connectivity index (χ0v) is 9.63. The minimum atomic E-state index is -0.830. The molecule has 0 fully saturated rings. The number of rotatable bonds is 3. The van der Waals surface area contributed by atoms with Crippen LogP contribution in [0.4, 0.5) is 0 Å². The third-order valence-electron chi connectivity index (χ3n) is 2.10. The number of nitrogens with zero attached hydrogens (tertiary/aromatic N) is 1. The van der Waals surface area contributed by atoms with E-state index in [4.69, 9.17) is 9.52 Å². The number of carboxylic acids is 1. The average molecular weight is 211 g/mol. The second-order valence-electron chi connectivity index (χ2n) is 4.66. The number of aryl methyl sites for hydroxylation is 2. The van der Waals surface area contributed by atoms with Crippen molar-refractivity contribution in [2.45, 2.75) is 46.0 Å². The summed E-state index contributed by atoms with van der Waals surface area (Å²) in [5, 5.41) is 8.54. The average Bonchev–Trinajstić information content (AvgIpc) is 2.42. The molecule has 0 saturated heterocycles. The quantitative estimate of drug-likeness (QED) is 0.833. The molecule has 15 heavy (non-hydrogen) atoms. The second-order valence-corrected chi connectivity index (χ2v) is 4.66. The monoisotopic (exact) mass is 211 g/mol. The highest BCUT2D eigenvalue weighted by Gasteiger charge is 2.22. The maximum absolute atomic E-state index is 10.4. The van der Waals surface area contributed by atoms with Crippen molar-refractivity contribution < 1.29 is 14.3 Å². The summed E-state index contributed by atoms with van der Waals surface area (Å²) in [4.78, 5) is 14.7. The Labute approximate surface area is 89.3 Å². The Morgan fingerprint density at radius 3 is 2.47 bits per heavy atom. The van der Waals surface area contributed by atoms with Crippen molar-refractivity contribution >= 4 is 5.97 Å². The number of hydrogen-bond acceptors (Lipinski definition) is 3. The van der Waals surface area contributed by atoms with Gasteiger partial charge in [-0.05, 0) is 6.92 Å². The summed E-state index contributed by atoms with van der Waals surface area (Å²) in [7, 11) is 0. The van der Waals surface area contributed by atoms with Crippen molar-refractivity contribution in [1.82, 2.24) is 4.98 Å². The lowest BCUT2D eigenvalue weighted by Crippen LogP contribution is -2.13. The van der Waals surface area contributed by atoms with E-state index in [9.17, 15) is 4.79 Å². The highest BCUT2D eigenvalue weighted by Crippen LogP contribution is 2.25. The maximum atomic E-state index is 10.4. The summed E-state index contributed by atoms with van der Waals surface area (Å²) in [6.45, 7) is 8.02. The molecule has 4 heteroatoms. The van der Waals surface area contributed by atoms with E-state index in [2.05, 4.69) is 25.8 Å².